The van der Waals surface area contributed by atoms with Crippen LogP contribution in [0.25, 0.3) is 11.8 Å². The van der Waals surface area contributed by atoms with Crippen molar-refractivity contribution in [2.75, 3.05) is 5.32 Å². The van der Waals surface area contributed by atoms with Crippen molar-refractivity contribution in [2.45, 2.75) is 0 Å². The summed E-state index contributed by atoms with van der Waals surface area (Å²) in [6, 6.07) is 9.31. The molecule has 1 heterocycles. The highest BCUT2D eigenvalue weighted by Gasteiger charge is 2.08. The molecule has 1 N–H and O–H groups in total. The molecule has 0 bridgehead atoms. The van der Waals surface area contributed by atoms with Crippen LogP contribution in [0.1, 0.15) is 5.56 Å². The highest BCUT2D eigenvalue weighted by Crippen LogP contribution is 2.25. The lowest BCUT2D eigenvalue weighted by molar-refractivity contribution is -0.111. The summed E-state index contributed by atoms with van der Waals surface area (Å²) in [5.74, 6) is -0.981. The molecular formula is C17H11Cl2FN4O. The molecule has 5 nitrogen and oxygen atoms in total. The van der Waals surface area contributed by atoms with Crippen molar-refractivity contribution < 1.29 is 9.18 Å². The molecule has 0 spiro atoms. The second-order valence-electron chi connectivity index (χ2n) is 4.96. The van der Waals surface area contributed by atoms with Crippen LogP contribution in [-0.2, 0) is 4.79 Å². The van der Waals surface area contributed by atoms with Gasteiger partial charge in [-0.2, -0.15) is 5.10 Å². The number of amides is 1. The van der Waals surface area contributed by atoms with Gasteiger partial charge in [-0.15, -0.1) is 0 Å². The summed E-state index contributed by atoms with van der Waals surface area (Å²) in [5, 5.41) is 7.29. The third-order valence-corrected chi connectivity index (χ3v) is 3.94. The lowest BCUT2D eigenvalue weighted by atomic mass is 10.2. The molecule has 0 radical (unpaired) electrons. The van der Waals surface area contributed by atoms with Crippen molar-refractivity contribution in [2.24, 2.45) is 0 Å². The maximum Gasteiger partial charge on any atom is 0.248 e. The first-order valence-electron chi connectivity index (χ1n) is 7.12. The lowest BCUT2D eigenvalue weighted by Gasteiger charge is -2.06. The van der Waals surface area contributed by atoms with Gasteiger partial charge in [-0.1, -0.05) is 29.3 Å². The number of hydrogen-bond donors (Lipinski definition) is 1. The average Bonchev–Trinajstić information content (AvgIpc) is 3.08. The minimum absolute atomic E-state index is 0.230. The van der Waals surface area contributed by atoms with E-state index in [9.17, 15) is 9.18 Å². The van der Waals surface area contributed by atoms with Gasteiger partial charge in [0, 0.05) is 27.4 Å². The number of hydrogen-bond acceptors (Lipinski definition) is 3. The Morgan fingerprint density at radius 3 is 2.60 bits per heavy atom. The molecule has 8 heteroatoms. The zero-order valence-electron chi connectivity index (χ0n) is 12.7. The quantitative estimate of drug-likeness (QED) is 0.687. The maximum absolute atomic E-state index is 14.1. The third kappa shape index (κ3) is 4.04. The molecule has 0 saturated heterocycles. The molecule has 0 saturated carbocycles. The molecule has 25 heavy (non-hydrogen) atoms. The smallest absolute Gasteiger partial charge is 0.248 e. The Balaban J connectivity index is 1.73. The molecule has 0 aliphatic carbocycles. The van der Waals surface area contributed by atoms with Gasteiger partial charge < -0.3 is 5.32 Å². The number of aromatic nitrogens is 3. The second kappa shape index (κ2) is 7.46. The molecule has 3 rings (SSSR count). The first-order chi connectivity index (χ1) is 12.0. The van der Waals surface area contributed by atoms with Gasteiger partial charge >= 0.3 is 0 Å². The minimum atomic E-state index is -0.540. The number of halogens is 3. The SMILES string of the molecule is O=C(/C=C/c1c(Cl)cccc1Cl)Nc1ccc(-n2cncn2)c(F)c1. The van der Waals surface area contributed by atoms with Crippen LogP contribution in [0.2, 0.25) is 10.0 Å². The average molecular weight is 377 g/mol. The van der Waals surface area contributed by atoms with E-state index in [1.165, 1.54) is 41.6 Å². The van der Waals surface area contributed by atoms with Gasteiger partial charge in [0.2, 0.25) is 5.91 Å². The molecule has 1 aromatic heterocycles. The fraction of sp³-hybridized carbons (Fsp3) is 0. The monoisotopic (exact) mass is 376 g/mol. The Hall–Kier alpha value is -2.70. The van der Waals surface area contributed by atoms with Crippen molar-refractivity contribution >= 4 is 40.9 Å². The molecule has 0 aliphatic heterocycles. The molecular weight excluding hydrogens is 366 g/mol. The summed E-state index contributed by atoms with van der Waals surface area (Å²) in [4.78, 5) is 15.8. The van der Waals surface area contributed by atoms with Crippen molar-refractivity contribution in [3.05, 3.63) is 76.6 Å². The van der Waals surface area contributed by atoms with Gasteiger partial charge in [-0.25, -0.2) is 14.1 Å². The molecule has 0 atom stereocenters. The third-order valence-electron chi connectivity index (χ3n) is 3.28. The first-order valence-corrected chi connectivity index (χ1v) is 7.88. The summed E-state index contributed by atoms with van der Waals surface area (Å²) < 4.78 is 15.4. The Kier molecular flexibility index (Phi) is 5.11. The molecule has 0 aliphatic rings. The predicted molar refractivity (Wildman–Crippen MR) is 95.4 cm³/mol. The van der Waals surface area contributed by atoms with E-state index in [1.807, 2.05) is 0 Å². The number of nitrogens with one attached hydrogen (secondary N) is 1. The van der Waals surface area contributed by atoms with E-state index in [4.69, 9.17) is 23.2 Å². The summed E-state index contributed by atoms with van der Waals surface area (Å²) in [6.45, 7) is 0. The number of carbonyl (C=O) groups excluding carboxylic acids is 1. The molecule has 1 amide bonds. The van der Waals surface area contributed by atoms with Gasteiger partial charge in [0.25, 0.3) is 0 Å². The molecule has 0 fully saturated rings. The Morgan fingerprint density at radius 2 is 1.96 bits per heavy atom. The fourth-order valence-electron chi connectivity index (χ4n) is 2.12. The largest absolute Gasteiger partial charge is 0.322 e. The molecule has 3 aromatic rings. The Bertz CT molecular complexity index is 922. The topological polar surface area (TPSA) is 59.8 Å². The van der Waals surface area contributed by atoms with Gasteiger partial charge in [0.1, 0.15) is 18.3 Å². The number of rotatable bonds is 4. The van der Waals surface area contributed by atoms with Gasteiger partial charge in [-0.05, 0) is 36.4 Å². The van der Waals surface area contributed by atoms with E-state index >= 15 is 0 Å². The van der Waals surface area contributed by atoms with Crippen LogP contribution in [0.5, 0.6) is 0 Å². The molecule has 0 unspecified atom stereocenters. The zero-order chi connectivity index (χ0) is 17.8. The second-order valence-corrected chi connectivity index (χ2v) is 5.78. The highest BCUT2D eigenvalue weighted by atomic mass is 35.5. The van der Waals surface area contributed by atoms with E-state index < -0.39 is 11.7 Å². The van der Waals surface area contributed by atoms with Gasteiger partial charge in [0.15, 0.2) is 5.82 Å². The normalized spacial score (nSPS) is 11.0. The van der Waals surface area contributed by atoms with Crippen LogP contribution in [-0.4, -0.2) is 20.7 Å². The molecule has 126 valence electrons. The number of carbonyl (C=O) groups is 1. The van der Waals surface area contributed by atoms with E-state index in [1.54, 1.807) is 24.3 Å². The first kappa shape index (κ1) is 17.1. The van der Waals surface area contributed by atoms with Crippen molar-refractivity contribution in [1.29, 1.82) is 0 Å². The number of anilines is 1. The summed E-state index contributed by atoms with van der Waals surface area (Å²) >= 11 is 12.1. The highest BCUT2D eigenvalue weighted by molar-refractivity contribution is 6.37. The predicted octanol–water partition coefficient (Wildman–Crippen LogP) is 4.37. The molecule has 2 aromatic carbocycles. The number of benzene rings is 2. The summed E-state index contributed by atoms with van der Waals surface area (Å²) in [5.41, 5.74) is 1.07. The van der Waals surface area contributed by atoms with Crippen LogP contribution < -0.4 is 5.32 Å². The van der Waals surface area contributed by atoms with E-state index in [0.29, 0.717) is 21.3 Å². The van der Waals surface area contributed by atoms with Crippen LogP contribution >= 0.6 is 23.2 Å². The standard InChI is InChI=1S/C17H11Cl2FN4O/c18-13-2-1-3-14(19)12(13)5-7-17(25)23-11-4-6-16(15(20)8-11)24-10-21-9-22-24/h1-10H,(H,23,25)/b7-5+. The van der Waals surface area contributed by atoms with Crippen molar-refractivity contribution in [1.82, 2.24) is 14.8 Å². The Morgan fingerprint density at radius 1 is 1.20 bits per heavy atom. The van der Waals surface area contributed by atoms with Crippen LogP contribution in [0, 0.1) is 5.82 Å². The fourth-order valence-corrected chi connectivity index (χ4v) is 2.64. The summed E-state index contributed by atoms with van der Waals surface area (Å²) in [7, 11) is 0. The van der Waals surface area contributed by atoms with Crippen molar-refractivity contribution in [3.8, 4) is 5.69 Å². The van der Waals surface area contributed by atoms with Gasteiger partial charge in [-0.3, -0.25) is 4.79 Å². The van der Waals surface area contributed by atoms with Crippen molar-refractivity contribution in [3.63, 3.8) is 0 Å². The van der Waals surface area contributed by atoms with Crippen LogP contribution in [0.4, 0.5) is 10.1 Å². The lowest BCUT2D eigenvalue weighted by Crippen LogP contribution is -2.08. The van der Waals surface area contributed by atoms with Crippen LogP contribution in [0.3, 0.4) is 0 Å². The van der Waals surface area contributed by atoms with E-state index in [0.717, 1.165) is 0 Å². The van der Waals surface area contributed by atoms with Crippen LogP contribution in [0.15, 0.2) is 55.1 Å². The van der Waals surface area contributed by atoms with E-state index in [-0.39, 0.29) is 5.69 Å². The summed E-state index contributed by atoms with van der Waals surface area (Å²) in [6.07, 6.45) is 5.46. The minimum Gasteiger partial charge on any atom is -0.322 e. The zero-order valence-corrected chi connectivity index (χ0v) is 14.2. The maximum atomic E-state index is 14.1. The van der Waals surface area contributed by atoms with E-state index in [2.05, 4.69) is 15.4 Å². The Labute approximate surface area is 152 Å². The van der Waals surface area contributed by atoms with Gasteiger partial charge in [0.05, 0.1) is 0 Å². The number of nitrogens with zero attached hydrogens (tertiary/aromatic N) is 3.